The van der Waals surface area contributed by atoms with Crippen LogP contribution in [0.3, 0.4) is 0 Å². The monoisotopic (exact) mass is 1420 g/mol. The molecule has 0 atom stereocenters. The second-order valence-corrected chi connectivity index (χ2v) is 28.5. The van der Waals surface area contributed by atoms with E-state index in [4.69, 9.17) is 19.9 Å². The molecule has 4 heterocycles. The van der Waals surface area contributed by atoms with Crippen molar-refractivity contribution in [3.05, 3.63) is 413 Å². The summed E-state index contributed by atoms with van der Waals surface area (Å²) in [5, 5.41) is 17.7. The van der Waals surface area contributed by atoms with Gasteiger partial charge in [-0.05, 0) is 186 Å². The zero-order valence-electron chi connectivity index (χ0n) is 60.9. The van der Waals surface area contributed by atoms with Crippen LogP contribution in [0.2, 0.25) is 0 Å². The predicted molar refractivity (Wildman–Crippen MR) is 467 cm³/mol. The lowest BCUT2D eigenvalue weighted by atomic mass is 9.92. The third kappa shape index (κ3) is 12.8. The van der Waals surface area contributed by atoms with Crippen LogP contribution in [0.1, 0.15) is 0 Å². The van der Waals surface area contributed by atoms with Gasteiger partial charge in [-0.25, -0.2) is 19.9 Å². The van der Waals surface area contributed by atoms with Crippen LogP contribution < -0.4 is 0 Å². The highest BCUT2D eigenvalue weighted by molar-refractivity contribution is 6.27. The summed E-state index contributed by atoms with van der Waals surface area (Å²) in [6.45, 7) is 0. The van der Waals surface area contributed by atoms with Gasteiger partial charge >= 0.3 is 0 Å². The van der Waals surface area contributed by atoms with Crippen molar-refractivity contribution < 1.29 is 0 Å². The standard InChI is InChI=1S/C55H35N3.C51H33N3/c1-2-15-45-37(10-1)11-8-20-46(45)38-23-25-39(26-24-38)53-34-54(43-13-7-12-41(32-43)44-14-9-31-56-35-44)58-55(57-53)40-27-21-36(22-28-40)42-29-30-51-49-18-4-3-16-47(49)48-17-5-6-19-50(48)52(51)33-42;1-2-11-34(12-3-1)35-22-24-36(25-23-35)49-32-50(40-15-8-14-38(29-40)42-17-10-28-52-33-42)54-51(53-49)41-16-9-13-37(30-41)39-26-27-47-45-20-5-4-18-43(45)44-19-6-7-21-46(44)48(47)31-39/h1-35H;1-33H. The summed E-state index contributed by atoms with van der Waals surface area (Å²) >= 11 is 0. The second kappa shape index (κ2) is 29.0. The van der Waals surface area contributed by atoms with E-state index in [1.54, 1.807) is 12.4 Å². The Morgan fingerprint density at radius 1 is 0.143 bits per heavy atom. The molecule has 0 bridgehead atoms. The fraction of sp³-hybridized carbons (Fsp3) is 0. The van der Waals surface area contributed by atoms with Crippen molar-refractivity contribution in [2.45, 2.75) is 0 Å². The Hall–Kier alpha value is -15.0. The molecule has 0 amide bonds. The van der Waals surface area contributed by atoms with Crippen LogP contribution in [0.15, 0.2) is 413 Å². The highest BCUT2D eigenvalue weighted by atomic mass is 14.9. The molecular formula is C106H68N6. The maximum absolute atomic E-state index is 5.23. The average Bonchev–Trinajstić information content (AvgIpc) is 0.747. The largest absolute Gasteiger partial charge is 0.264 e. The third-order valence-corrected chi connectivity index (χ3v) is 21.7. The second-order valence-electron chi connectivity index (χ2n) is 28.5. The molecule has 0 spiro atoms. The molecule has 0 aliphatic heterocycles. The molecular weight excluding hydrogens is 1360 g/mol. The molecule has 21 rings (SSSR count). The fourth-order valence-electron chi connectivity index (χ4n) is 16.1. The molecule has 0 radical (unpaired) electrons. The molecule has 6 heteroatoms. The number of aromatic nitrogens is 6. The molecule has 522 valence electrons. The van der Waals surface area contributed by atoms with Gasteiger partial charge in [0.1, 0.15) is 0 Å². The van der Waals surface area contributed by atoms with Crippen LogP contribution in [0.4, 0.5) is 0 Å². The molecule has 4 aromatic heterocycles. The first kappa shape index (κ1) is 66.5. The van der Waals surface area contributed by atoms with E-state index in [0.717, 1.165) is 95.1 Å². The Labute approximate surface area is 648 Å². The molecule has 17 aromatic carbocycles. The molecule has 0 aliphatic carbocycles. The van der Waals surface area contributed by atoms with Crippen LogP contribution in [0.25, 0.3) is 210 Å². The number of hydrogen-bond donors (Lipinski definition) is 0. The van der Waals surface area contributed by atoms with Gasteiger partial charge in [0.2, 0.25) is 0 Å². The van der Waals surface area contributed by atoms with Crippen molar-refractivity contribution in [1.29, 1.82) is 0 Å². The molecule has 0 saturated heterocycles. The lowest BCUT2D eigenvalue weighted by molar-refractivity contribution is 1.18. The van der Waals surface area contributed by atoms with Crippen molar-refractivity contribution in [3.63, 3.8) is 0 Å². The van der Waals surface area contributed by atoms with Crippen LogP contribution in [-0.2, 0) is 0 Å². The van der Waals surface area contributed by atoms with E-state index in [2.05, 4.69) is 380 Å². The minimum Gasteiger partial charge on any atom is -0.264 e. The number of rotatable bonds is 12. The summed E-state index contributed by atoms with van der Waals surface area (Å²) in [5.41, 5.74) is 23.1. The van der Waals surface area contributed by atoms with Crippen LogP contribution in [0, 0.1) is 0 Å². The van der Waals surface area contributed by atoms with Gasteiger partial charge in [0.25, 0.3) is 0 Å². The van der Waals surface area contributed by atoms with Crippen molar-refractivity contribution in [2.24, 2.45) is 0 Å². The van der Waals surface area contributed by atoms with Crippen molar-refractivity contribution >= 4 is 75.4 Å². The SMILES string of the molecule is c1ccc(-c2ccc(-c3cc(-c4cccc(-c5cccnc5)c4)nc(-c4cccc(-c5ccc6c7ccccc7c7ccccc7c6c5)c4)n3)cc2)cc1.c1cncc(-c2cccc(-c3cc(-c4ccc(-c5cccc6ccccc56)cc4)nc(-c4ccc(-c5ccc6c7ccccc7c7ccccc7c6c5)cc4)n3)c2)c1. The first-order chi connectivity index (χ1) is 55.5. The van der Waals surface area contributed by atoms with E-state index in [1.807, 2.05) is 30.6 Å². The third-order valence-electron chi connectivity index (χ3n) is 21.7. The molecule has 21 aromatic rings. The molecule has 0 N–H and O–H groups in total. The Morgan fingerprint density at radius 2 is 0.429 bits per heavy atom. The van der Waals surface area contributed by atoms with Crippen molar-refractivity contribution in [1.82, 2.24) is 29.9 Å². The molecule has 112 heavy (non-hydrogen) atoms. The van der Waals surface area contributed by atoms with Gasteiger partial charge in [0.05, 0.1) is 22.8 Å². The van der Waals surface area contributed by atoms with Crippen molar-refractivity contribution in [2.75, 3.05) is 0 Å². The van der Waals surface area contributed by atoms with Crippen LogP contribution in [-0.4, -0.2) is 29.9 Å². The van der Waals surface area contributed by atoms with E-state index in [0.29, 0.717) is 11.6 Å². The van der Waals surface area contributed by atoms with Gasteiger partial charge in [0.15, 0.2) is 11.6 Å². The minimum atomic E-state index is 0.680. The van der Waals surface area contributed by atoms with E-state index < -0.39 is 0 Å². The summed E-state index contributed by atoms with van der Waals surface area (Å²) in [6, 6.07) is 138. The van der Waals surface area contributed by atoms with Crippen molar-refractivity contribution in [3.8, 4) is 135 Å². The number of benzene rings is 17. The quantitative estimate of drug-likeness (QED) is 0.113. The zero-order chi connectivity index (χ0) is 74.3. The lowest BCUT2D eigenvalue weighted by Crippen LogP contribution is -1.96. The molecule has 0 saturated carbocycles. The summed E-state index contributed by atoms with van der Waals surface area (Å²) in [5.74, 6) is 1.36. The minimum absolute atomic E-state index is 0.680. The Kier molecular flexibility index (Phi) is 17.2. The van der Waals surface area contributed by atoms with Gasteiger partial charge in [-0.1, -0.05) is 334 Å². The number of pyridine rings is 2. The number of fused-ring (bicyclic) bond motifs is 13. The van der Waals surface area contributed by atoms with E-state index in [-0.39, 0.29) is 0 Å². The molecule has 0 fully saturated rings. The number of hydrogen-bond acceptors (Lipinski definition) is 6. The molecule has 0 aliphatic rings. The summed E-state index contributed by atoms with van der Waals surface area (Å²) in [7, 11) is 0. The van der Waals surface area contributed by atoms with Gasteiger partial charge < -0.3 is 0 Å². The zero-order valence-corrected chi connectivity index (χ0v) is 60.9. The first-order valence-electron chi connectivity index (χ1n) is 37.9. The van der Waals surface area contributed by atoms with Gasteiger partial charge in [-0.3, -0.25) is 9.97 Å². The lowest BCUT2D eigenvalue weighted by Gasteiger charge is -2.13. The van der Waals surface area contributed by atoms with E-state index in [1.165, 1.54) is 103 Å². The highest BCUT2D eigenvalue weighted by Crippen LogP contribution is 2.42. The Balaban J connectivity index is 0.000000146. The number of nitrogens with zero attached hydrogens (tertiary/aromatic N) is 6. The molecule has 6 nitrogen and oxygen atoms in total. The van der Waals surface area contributed by atoms with Gasteiger partial charge in [0, 0.05) is 69.3 Å². The van der Waals surface area contributed by atoms with Gasteiger partial charge in [-0.2, -0.15) is 0 Å². The maximum Gasteiger partial charge on any atom is 0.160 e. The summed E-state index contributed by atoms with van der Waals surface area (Å²) in [4.78, 5) is 29.6. The van der Waals surface area contributed by atoms with Crippen LogP contribution >= 0.6 is 0 Å². The maximum atomic E-state index is 5.23. The van der Waals surface area contributed by atoms with E-state index >= 15 is 0 Å². The predicted octanol–water partition coefficient (Wildman–Crippen LogP) is 27.8. The van der Waals surface area contributed by atoms with Gasteiger partial charge in [-0.15, -0.1) is 0 Å². The van der Waals surface area contributed by atoms with Crippen LogP contribution in [0.5, 0.6) is 0 Å². The average molecular weight is 1430 g/mol. The summed E-state index contributed by atoms with van der Waals surface area (Å²) < 4.78 is 0. The fourth-order valence-corrected chi connectivity index (χ4v) is 16.1. The first-order valence-corrected chi connectivity index (χ1v) is 37.9. The van der Waals surface area contributed by atoms with E-state index in [9.17, 15) is 0 Å². The Morgan fingerprint density at radius 3 is 0.902 bits per heavy atom. The highest BCUT2D eigenvalue weighted by Gasteiger charge is 2.19. The smallest absolute Gasteiger partial charge is 0.160 e. The summed E-state index contributed by atoms with van der Waals surface area (Å²) in [6.07, 6.45) is 7.40. The Bertz CT molecular complexity index is 7070. The normalized spacial score (nSPS) is 11.4. The topological polar surface area (TPSA) is 77.3 Å². The molecule has 0 unspecified atom stereocenters.